The van der Waals surface area contributed by atoms with Gasteiger partial charge in [-0.25, -0.2) is 0 Å². The van der Waals surface area contributed by atoms with Gasteiger partial charge in [-0.15, -0.1) is 0 Å². The molecule has 0 bridgehead atoms. The third-order valence-corrected chi connectivity index (χ3v) is 4.06. The number of thioether (sulfide) groups is 1. The number of aryl methyl sites for hydroxylation is 3. The Kier molecular flexibility index (Phi) is 5.44. The van der Waals surface area contributed by atoms with Crippen LogP contribution in [-0.2, 0) is 4.79 Å². The van der Waals surface area contributed by atoms with Gasteiger partial charge in [0, 0.05) is 17.0 Å². The van der Waals surface area contributed by atoms with Crippen molar-refractivity contribution in [2.75, 3.05) is 16.8 Å². The molecule has 0 atom stereocenters. The fourth-order valence-electron chi connectivity index (χ4n) is 1.96. The number of benzene rings is 1. The number of anilines is 1. The number of carbonyl (C=O) groups excluding carboxylic acids is 1. The highest BCUT2D eigenvalue weighted by molar-refractivity contribution is 8.00. The molecule has 0 saturated carbocycles. The maximum Gasteiger partial charge on any atom is 0.234 e. The minimum atomic E-state index is -0.235. The van der Waals surface area contributed by atoms with Gasteiger partial charge in [-0.1, -0.05) is 17.7 Å². The Labute approximate surface area is 120 Å². The predicted molar refractivity (Wildman–Crippen MR) is 84.9 cm³/mol. The Bertz CT molecular complexity index is 441. The molecule has 106 valence electrons. The van der Waals surface area contributed by atoms with Crippen molar-refractivity contribution in [1.82, 2.24) is 0 Å². The van der Waals surface area contributed by atoms with Crippen LogP contribution in [0.5, 0.6) is 0 Å². The van der Waals surface area contributed by atoms with Crippen LogP contribution in [0.15, 0.2) is 12.1 Å². The Morgan fingerprint density at radius 2 is 1.79 bits per heavy atom. The summed E-state index contributed by atoms with van der Waals surface area (Å²) in [5.74, 6) is 1.24. The summed E-state index contributed by atoms with van der Waals surface area (Å²) in [7, 11) is 0. The lowest BCUT2D eigenvalue weighted by molar-refractivity contribution is -0.113. The second kappa shape index (κ2) is 6.44. The largest absolute Gasteiger partial charge is 0.325 e. The minimum absolute atomic E-state index is 0.0318. The molecular formula is C15H24N2OS. The van der Waals surface area contributed by atoms with Crippen molar-refractivity contribution in [3.8, 4) is 0 Å². The van der Waals surface area contributed by atoms with Crippen LogP contribution in [0.1, 0.15) is 30.5 Å². The molecule has 0 saturated heterocycles. The van der Waals surface area contributed by atoms with Gasteiger partial charge in [-0.05, 0) is 45.7 Å². The van der Waals surface area contributed by atoms with Crippen LogP contribution in [-0.4, -0.2) is 23.0 Å². The highest BCUT2D eigenvalue weighted by Crippen LogP contribution is 2.22. The number of hydrogen-bond donors (Lipinski definition) is 2. The van der Waals surface area contributed by atoms with Crippen LogP contribution in [0, 0.1) is 20.8 Å². The first-order valence-corrected chi connectivity index (χ1v) is 7.59. The van der Waals surface area contributed by atoms with E-state index in [4.69, 9.17) is 5.73 Å². The number of carbonyl (C=O) groups is 1. The molecule has 1 aromatic rings. The van der Waals surface area contributed by atoms with Gasteiger partial charge < -0.3 is 11.1 Å². The molecule has 3 N–H and O–H groups in total. The second-order valence-corrected chi connectivity index (χ2v) is 6.79. The zero-order chi connectivity index (χ0) is 14.6. The lowest BCUT2D eigenvalue weighted by atomic mass is 10.1. The zero-order valence-corrected chi connectivity index (χ0v) is 13.3. The molecule has 0 spiro atoms. The summed E-state index contributed by atoms with van der Waals surface area (Å²) in [5, 5.41) is 2.99. The first-order valence-electron chi connectivity index (χ1n) is 6.43. The topological polar surface area (TPSA) is 55.1 Å². The van der Waals surface area contributed by atoms with Crippen molar-refractivity contribution in [3.05, 3.63) is 28.8 Å². The van der Waals surface area contributed by atoms with Crippen molar-refractivity contribution in [3.63, 3.8) is 0 Å². The molecule has 0 unspecified atom stereocenters. The van der Waals surface area contributed by atoms with E-state index in [9.17, 15) is 4.79 Å². The van der Waals surface area contributed by atoms with E-state index in [1.807, 2.05) is 27.7 Å². The number of amides is 1. The van der Waals surface area contributed by atoms with E-state index in [0.717, 1.165) is 22.6 Å². The van der Waals surface area contributed by atoms with Crippen LogP contribution in [0.25, 0.3) is 0 Å². The summed E-state index contributed by atoms with van der Waals surface area (Å²) >= 11 is 1.57. The fourth-order valence-corrected chi connectivity index (χ4v) is 2.85. The highest BCUT2D eigenvalue weighted by Gasteiger charge is 2.13. The van der Waals surface area contributed by atoms with Crippen molar-refractivity contribution in [2.24, 2.45) is 5.73 Å². The van der Waals surface area contributed by atoms with Gasteiger partial charge in [0.15, 0.2) is 0 Å². The number of nitrogens with two attached hydrogens (primary N) is 1. The Balaban J connectivity index is 2.58. The number of rotatable bonds is 5. The molecule has 0 aliphatic rings. The quantitative estimate of drug-likeness (QED) is 0.871. The average molecular weight is 280 g/mol. The van der Waals surface area contributed by atoms with Gasteiger partial charge >= 0.3 is 0 Å². The van der Waals surface area contributed by atoms with Crippen molar-refractivity contribution in [1.29, 1.82) is 0 Å². The highest BCUT2D eigenvalue weighted by atomic mass is 32.2. The first-order chi connectivity index (χ1) is 8.69. The van der Waals surface area contributed by atoms with Crippen molar-refractivity contribution in [2.45, 2.75) is 40.2 Å². The molecule has 4 heteroatoms. The minimum Gasteiger partial charge on any atom is -0.325 e. The predicted octanol–water partition coefficient (Wildman–Crippen LogP) is 3.02. The molecule has 3 nitrogen and oxygen atoms in total. The molecule has 0 radical (unpaired) electrons. The van der Waals surface area contributed by atoms with Gasteiger partial charge in [0.05, 0.1) is 5.75 Å². The van der Waals surface area contributed by atoms with Gasteiger partial charge in [0.2, 0.25) is 5.91 Å². The molecule has 0 heterocycles. The van der Waals surface area contributed by atoms with E-state index >= 15 is 0 Å². The van der Waals surface area contributed by atoms with Gasteiger partial charge in [0.25, 0.3) is 0 Å². The van der Waals surface area contributed by atoms with E-state index in [1.165, 1.54) is 5.56 Å². The van der Waals surface area contributed by atoms with Crippen LogP contribution in [0.2, 0.25) is 0 Å². The SMILES string of the molecule is Cc1cc(C)c(NC(=O)CSCC(C)(C)N)c(C)c1. The van der Waals surface area contributed by atoms with Gasteiger partial charge in [-0.3, -0.25) is 4.79 Å². The number of nitrogens with one attached hydrogen (secondary N) is 1. The van der Waals surface area contributed by atoms with E-state index < -0.39 is 0 Å². The van der Waals surface area contributed by atoms with Crippen LogP contribution in [0.3, 0.4) is 0 Å². The molecule has 1 rings (SSSR count). The van der Waals surface area contributed by atoms with Crippen molar-refractivity contribution >= 4 is 23.4 Å². The Morgan fingerprint density at radius 3 is 2.26 bits per heavy atom. The Hall–Kier alpha value is -1.00. The van der Waals surface area contributed by atoms with Gasteiger partial charge in [-0.2, -0.15) is 11.8 Å². The monoisotopic (exact) mass is 280 g/mol. The van der Waals surface area contributed by atoms with Gasteiger partial charge in [0.1, 0.15) is 0 Å². The summed E-state index contributed by atoms with van der Waals surface area (Å²) in [5.41, 5.74) is 10.0. The zero-order valence-electron chi connectivity index (χ0n) is 12.5. The lowest BCUT2D eigenvalue weighted by Crippen LogP contribution is -2.35. The lowest BCUT2D eigenvalue weighted by Gasteiger charge is -2.17. The van der Waals surface area contributed by atoms with E-state index in [2.05, 4.69) is 24.4 Å². The van der Waals surface area contributed by atoms with E-state index in [0.29, 0.717) is 5.75 Å². The summed E-state index contributed by atoms with van der Waals surface area (Å²) < 4.78 is 0. The average Bonchev–Trinajstić information content (AvgIpc) is 2.21. The molecule has 0 aliphatic carbocycles. The summed E-state index contributed by atoms with van der Waals surface area (Å²) in [4.78, 5) is 11.9. The molecular weight excluding hydrogens is 256 g/mol. The third-order valence-electron chi connectivity index (χ3n) is 2.65. The fraction of sp³-hybridized carbons (Fsp3) is 0.533. The molecule has 0 aromatic heterocycles. The van der Waals surface area contributed by atoms with Crippen molar-refractivity contribution < 1.29 is 4.79 Å². The van der Waals surface area contributed by atoms with Crippen LogP contribution >= 0.6 is 11.8 Å². The number of hydrogen-bond acceptors (Lipinski definition) is 3. The molecule has 0 aliphatic heterocycles. The Morgan fingerprint density at radius 1 is 1.26 bits per heavy atom. The van der Waals surface area contributed by atoms with Crippen LogP contribution in [0.4, 0.5) is 5.69 Å². The summed E-state index contributed by atoms with van der Waals surface area (Å²) in [6.45, 7) is 10.0. The molecule has 1 amide bonds. The summed E-state index contributed by atoms with van der Waals surface area (Å²) in [6.07, 6.45) is 0. The van der Waals surface area contributed by atoms with E-state index in [1.54, 1.807) is 11.8 Å². The third kappa shape index (κ3) is 5.66. The summed E-state index contributed by atoms with van der Waals surface area (Å²) in [6, 6.07) is 4.16. The van der Waals surface area contributed by atoms with E-state index in [-0.39, 0.29) is 11.4 Å². The molecule has 19 heavy (non-hydrogen) atoms. The first kappa shape index (κ1) is 16.1. The maximum atomic E-state index is 11.9. The van der Waals surface area contributed by atoms with Crippen LogP contribution < -0.4 is 11.1 Å². The smallest absolute Gasteiger partial charge is 0.234 e. The molecule has 1 aromatic carbocycles. The maximum absolute atomic E-state index is 11.9. The molecule has 0 fully saturated rings. The standard InChI is InChI=1S/C15H24N2OS/c1-10-6-11(2)14(12(3)7-10)17-13(18)8-19-9-15(4,5)16/h6-7H,8-9,16H2,1-5H3,(H,17,18). The normalized spacial score (nSPS) is 11.5. The second-order valence-electron chi connectivity index (χ2n) is 5.80.